The Balaban J connectivity index is 1.02. The second-order valence-corrected chi connectivity index (χ2v) is 15.4. The quantitative estimate of drug-likeness (QED) is 0.160. The number of hydrogen-bond donors (Lipinski definition) is 0. The molecule has 0 atom stereocenters. The van der Waals surface area contributed by atoms with Crippen molar-refractivity contribution < 1.29 is 8.83 Å². The summed E-state index contributed by atoms with van der Waals surface area (Å²) in [5.41, 5.74) is 13.1. The van der Waals surface area contributed by atoms with E-state index in [0.717, 1.165) is 93.9 Å². The predicted octanol–water partition coefficient (Wildman–Crippen LogP) is 14.7. The molecule has 0 saturated carbocycles. The summed E-state index contributed by atoms with van der Waals surface area (Å²) in [6, 6.07) is 70.5. The number of fused-ring (bicyclic) bond motifs is 6. The summed E-state index contributed by atoms with van der Waals surface area (Å²) in [6.45, 7) is 0. The second-order valence-electron chi connectivity index (χ2n) is 15.4. The van der Waals surface area contributed by atoms with Crippen molar-refractivity contribution in [3.63, 3.8) is 0 Å². The van der Waals surface area contributed by atoms with E-state index in [2.05, 4.69) is 121 Å². The molecule has 12 rings (SSSR count). The number of hydrogen-bond acceptors (Lipinski definition) is 6. The van der Waals surface area contributed by atoms with Crippen LogP contribution in [0.5, 0.6) is 0 Å². The second kappa shape index (κ2) is 14.7. The summed E-state index contributed by atoms with van der Waals surface area (Å²) < 4.78 is 13.4. The normalized spacial score (nSPS) is 11.5. The van der Waals surface area contributed by atoms with Crippen LogP contribution in [0.15, 0.2) is 215 Å². The van der Waals surface area contributed by atoms with Crippen molar-refractivity contribution in [2.45, 2.75) is 0 Å². The minimum atomic E-state index is 0.561. The first kappa shape index (κ1) is 35.5. The summed E-state index contributed by atoms with van der Waals surface area (Å²) in [5.74, 6) is 2.33. The van der Waals surface area contributed by atoms with E-state index in [0.29, 0.717) is 23.4 Å². The lowest BCUT2D eigenvalue weighted by Gasteiger charge is -2.11. The van der Waals surface area contributed by atoms with Gasteiger partial charge in [0.2, 0.25) is 5.89 Å². The Morgan fingerprint density at radius 2 is 0.855 bits per heavy atom. The molecular weight excluding hydrogens is 761 g/mol. The van der Waals surface area contributed by atoms with E-state index in [9.17, 15) is 0 Å². The van der Waals surface area contributed by atoms with Gasteiger partial charge in [-0.05, 0) is 69.6 Å². The highest BCUT2D eigenvalue weighted by molar-refractivity contribution is 6.19. The number of para-hydroxylation sites is 1. The van der Waals surface area contributed by atoms with Gasteiger partial charge in [0, 0.05) is 44.0 Å². The van der Waals surface area contributed by atoms with E-state index >= 15 is 0 Å². The fourth-order valence-electron chi connectivity index (χ4n) is 8.62. The zero-order chi connectivity index (χ0) is 41.0. The number of aromatic nitrogens is 4. The van der Waals surface area contributed by atoms with E-state index in [4.69, 9.17) is 28.8 Å². The molecule has 290 valence electrons. The summed E-state index contributed by atoms with van der Waals surface area (Å²) in [5, 5.41) is 3.93. The van der Waals surface area contributed by atoms with Crippen molar-refractivity contribution in [2.75, 3.05) is 0 Å². The van der Waals surface area contributed by atoms with Crippen molar-refractivity contribution >= 4 is 43.8 Å². The van der Waals surface area contributed by atoms with E-state index in [1.807, 2.05) is 84.9 Å². The van der Waals surface area contributed by atoms with E-state index in [1.54, 1.807) is 0 Å². The van der Waals surface area contributed by atoms with Crippen LogP contribution in [0.3, 0.4) is 0 Å². The number of furan rings is 1. The Kier molecular flexibility index (Phi) is 8.38. The highest BCUT2D eigenvalue weighted by Gasteiger charge is 2.22. The minimum Gasteiger partial charge on any atom is -0.455 e. The molecule has 0 unspecified atom stereocenters. The van der Waals surface area contributed by atoms with Gasteiger partial charge in [-0.1, -0.05) is 170 Å². The lowest BCUT2D eigenvalue weighted by atomic mass is 9.95. The monoisotopic (exact) mass is 794 g/mol. The van der Waals surface area contributed by atoms with Crippen LogP contribution < -0.4 is 0 Å². The molecule has 6 nitrogen and oxygen atoms in total. The molecule has 3 heterocycles. The minimum absolute atomic E-state index is 0.561. The lowest BCUT2D eigenvalue weighted by Crippen LogP contribution is -2.00. The van der Waals surface area contributed by atoms with Gasteiger partial charge < -0.3 is 8.83 Å². The first-order valence-electron chi connectivity index (χ1n) is 20.6. The molecule has 0 saturated heterocycles. The summed E-state index contributed by atoms with van der Waals surface area (Å²) in [6.07, 6.45) is 0. The molecule has 0 amide bonds. The fraction of sp³-hybridized carbons (Fsp3) is 0. The number of rotatable bonds is 7. The van der Waals surface area contributed by atoms with Crippen molar-refractivity contribution in [2.24, 2.45) is 0 Å². The molecular formula is C56H34N4O2. The third-order valence-electron chi connectivity index (χ3n) is 11.6. The van der Waals surface area contributed by atoms with Gasteiger partial charge in [0.25, 0.3) is 0 Å². The van der Waals surface area contributed by atoms with Gasteiger partial charge in [-0.2, -0.15) is 0 Å². The van der Waals surface area contributed by atoms with Gasteiger partial charge in [0.05, 0.1) is 0 Å². The molecule has 0 aliphatic heterocycles. The van der Waals surface area contributed by atoms with E-state index < -0.39 is 0 Å². The van der Waals surface area contributed by atoms with Crippen molar-refractivity contribution in [1.29, 1.82) is 0 Å². The maximum absolute atomic E-state index is 6.85. The lowest BCUT2D eigenvalue weighted by molar-refractivity contribution is 0.623. The van der Waals surface area contributed by atoms with Gasteiger partial charge in [0.1, 0.15) is 16.7 Å². The Labute approximate surface area is 356 Å². The molecule has 0 aliphatic carbocycles. The summed E-state index contributed by atoms with van der Waals surface area (Å²) in [7, 11) is 0. The van der Waals surface area contributed by atoms with E-state index in [-0.39, 0.29) is 0 Å². The average Bonchev–Trinajstić information content (AvgIpc) is 3.97. The first-order chi connectivity index (χ1) is 30.7. The maximum Gasteiger partial charge on any atom is 0.227 e. The van der Waals surface area contributed by atoms with Crippen LogP contribution >= 0.6 is 0 Å². The van der Waals surface area contributed by atoms with Crippen LogP contribution in [0.1, 0.15) is 0 Å². The zero-order valence-corrected chi connectivity index (χ0v) is 33.2. The first-order valence-corrected chi connectivity index (χ1v) is 20.6. The number of oxazole rings is 1. The van der Waals surface area contributed by atoms with E-state index in [1.165, 1.54) is 5.56 Å². The highest BCUT2D eigenvalue weighted by atomic mass is 16.3. The van der Waals surface area contributed by atoms with Crippen molar-refractivity contribution in [3.05, 3.63) is 206 Å². The molecule has 62 heavy (non-hydrogen) atoms. The third-order valence-corrected chi connectivity index (χ3v) is 11.6. The Hall–Kier alpha value is -8.48. The SMILES string of the molecule is c1ccc(-c2cccc(-c3cccc(-c4nc(-c5ccccc5)nc(-c5cccc6oc7c(-c8cccc9ccc%10nc(-c%11ccccc%11)oc%10c89)cccc7c56)n4)c3)c2)cc1. The molecule has 0 radical (unpaired) electrons. The topological polar surface area (TPSA) is 77.8 Å². The molecule has 3 aromatic heterocycles. The third kappa shape index (κ3) is 6.13. The highest BCUT2D eigenvalue weighted by Crippen LogP contribution is 2.44. The smallest absolute Gasteiger partial charge is 0.227 e. The van der Waals surface area contributed by atoms with Crippen molar-refractivity contribution in [1.82, 2.24) is 19.9 Å². The summed E-state index contributed by atoms with van der Waals surface area (Å²) in [4.78, 5) is 20.4. The largest absolute Gasteiger partial charge is 0.455 e. The van der Waals surface area contributed by atoms with Crippen LogP contribution in [0.2, 0.25) is 0 Å². The summed E-state index contributed by atoms with van der Waals surface area (Å²) >= 11 is 0. The predicted molar refractivity (Wildman–Crippen MR) is 250 cm³/mol. The van der Waals surface area contributed by atoms with Gasteiger partial charge in [-0.15, -0.1) is 0 Å². The Bertz CT molecular complexity index is 3630. The number of nitrogens with zero attached hydrogens (tertiary/aromatic N) is 4. The zero-order valence-electron chi connectivity index (χ0n) is 33.2. The number of benzene rings is 9. The van der Waals surface area contributed by atoms with Gasteiger partial charge in [-0.25, -0.2) is 19.9 Å². The molecule has 0 bridgehead atoms. The van der Waals surface area contributed by atoms with Gasteiger partial charge in [0.15, 0.2) is 23.1 Å². The molecule has 0 spiro atoms. The van der Waals surface area contributed by atoms with Gasteiger partial charge in [-0.3, -0.25) is 0 Å². The molecule has 0 N–H and O–H groups in total. The van der Waals surface area contributed by atoms with Gasteiger partial charge >= 0.3 is 0 Å². The van der Waals surface area contributed by atoms with Crippen LogP contribution in [0.25, 0.3) is 123 Å². The van der Waals surface area contributed by atoms with Crippen LogP contribution in [0, 0.1) is 0 Å². The Morgan fingerprint density at radius 3 is 1.61 bits per heavy atom. The Morgan fingerprint density at radius 1 is 0.306 bits per heavy atom. The molecule has 0 fully saturated rings. The molecule has 6 heteroatoms. The standard InChI is InChI=1S/C56H34N4O2/c1-4-15-35(16-5-1)39-22-10-23-40(33-39)41-24-11-25-42(34-41)54-58-53(37-17-6-2-7-18-37)59-55(60-54)46-29-14-30-48-50(46)45-28-13-27-44(51(45)61-48)43-26-12-21-36-31-32-47-52(49(36)43)62-56(57-47)38-19-8-3-9-20-38/h1-34H. The molecule has 0 aliphatic rings. The molecule has 9 aromatic carbocycles. The maximum atomic E-state index is 6.85. The van der Waals surface area contributed by atoms with Crippen LogP contribution in [-0.4, -0.2) is 19.9 Å². The van der Waals surface area contributed by atoms with Crippen LogP contribution in [0.4, 0.5) is 0 Å². The van der Waals surface area contributed by atoms with Crippen molar-refractivity contribution in [3.8, 4) is 79.0 Å². The average molecular weight is 795 g/mol. The van der Waals surface area contributed by atoms with Crippen LogP contribution in [-0.2, 0) is 0 Å². The fourth-order valence-corrected chi connectivity index (χ4v) is 8.62. The molecule has 12 aromatic rings.